The van der Waals surface area contributed by atoms with Gasteiger partial charge in [-0.25, -0.2) is 0 Å². The summed E-state index contributed by atoms with van der Waals surface area (Å²) in [5, 5.41) is 0.739. The molecule has 0 heterocycles. The van der Waals surface area contributed by atoms with Crippen LogP contribution in [0.2, 0.25) is 5.02 Å². The normalized spacial score (nSPS) is 15.7. The fourth-order valence-corrected chi connectivity index (χ4v) is 4.41. The van der Waals surface area contributed by atoms with Crippen LogP contribution in [-0.2, 0) is 12.8 Å². The highest BCUT2D eigenvalue weighted by atomic mass is 79.9. The minimum absolute atomic E-state index is 0.343. The lowest BCUT2D eigenvalue weighted by Crippen LogP contribution is -2.21. The number of nitrogens with zero attached hydrogens (tertiary/aromatic N) is 1. The van der Waals surface area contributed by atoms with Crippen molar-refractivity contribution in [2.45, 2.75) is 51.0 Å². The molecule has 3 rings (SSSR count). The predicted molar refractivity (Wildman–Crippen MR) is 117 cm³/mol. The maximum Gasteiger partial charge on any atom is 0.126 e. The lowest BCUT2D eigenvalue weighted by molar-refractivity contribution is 0.409. The largest absolute Gasteiger partial charge is 0.496 e. The molecule has 27 heavy (non-hydrogen) atoms. The molecule has 1 fully saturated rings. The van der Waals surface area contributed by atoms with Gasteiger partial charge < -0.3 is 10.5 Å². The summed E-state index contributed by atoms with van der Waals surface area (Å²) in [6.45, 7) is 0. The molecule has 0 spiro atoms. The summed E-state index contributed by atoms with van der Waals surface area (Å²) in [4.78, 5) is 4.81. The van der Waals surface area contributed by atoms with Crippen LogP contribution in [0.3, 0.4) is 0 Å². The molecule has 0 unspecified atom stereocenters. The minimum atomic E-state index is 0.343. The van der Waals surface area contributed by atoms with Crippen molar-refractivity contribution in [3.63, 3.8) is 0 Å². The number of hydrogen-bond acceptors (Lipinski definition) is 2. The Morgan fingerprint density at radius 2 is 1.96 bits per heavy atom. The Labute approximate surface area is 175 Å². The molecule has 2 aromatic rings. The smallest absolute Gasteiger partial charge is 0.126 e. The molecule has 0 bridgehead atoms. The summed E-state index contributed by atoms with van der Waals surface area (Å²) >= 11 is 10.1. The van der Waals surface area contributed by atoms with Gasteiger partial charge in [-0.1, -0.05) is 58.9 Å². The lowest BCUT2D eigenvalue weighted by atomic mass is 9.95. The lowest BCUT2D eigenvalue weighted by Gasteiger charge is -2.19. The fourth-order valence-electron chi connectivity index (χ4n) is 3.73. The van der Waals surface area contributed by atoms with Crippen LogP contribution in [0.5, 0.6) is 5.75 Å². The van der Waals surface area contributed by atoms with Gasteiger partial charge in [0.15, 0.2) is 0 Å². The number of rotatable bonds is 6. The van der Waals surface area contributed by atoms with Gasteiger partial charge in [-0.2, -0.15) is 0 Å². The van der Waals surface area contributed by atoms with Crippen LogP contribution in [-0.4, -0.2) is 19.0 Å². The quantitative estimate of drug-likeness (QED) is 0.438. The first-order valence-corrected chi connectivity index (χ1v) is 10.7. The summed E-state index contributed by atoms with van der Waals surface area (Å²) < 4.78 is 6.53. The molecule has 0 aliphatic heterocycles. The van der Waals surface area contributed by atoms with Gasteiger partial charge in [0.25, 0.3) is 0 Å². The first-order chi connectivity index (χ1) is 13.1. The zero-order chi connectivity index (χ0) is 19.2. The van der Waals surface area contributed by atoms with Gasteiger partial charge in [0, 0.05) is 15.1 Å². The number of hydrogen-bond donors (Lipinski definition) is 1. The molecule has 1 saturated carbocycles. The number of aryl methyl sites for hydroxylation is 1. The van der Waals surface area contributed by atoms with Crippen LogP contribution in [0.1, 0.15) is 48.8 Å². The highest BCUT2D eigenvalue weighted by Gasteiger charge is 2.16. The van der Waals surface area contributed by atoms with E-state index in [-0.39, 0.29) is 0 Å². The Morgan fingerprint density at radius 3 is 2.70 bits per heavy atom. The van der Waals surface area contributed by atoms with E-state index < -0.39 is 0 Å². The second-order valence-electron chi connectivity index (χ2n) is 7.03. The van der Waals surface area contributed by atoms with Crippen LogP contribution in [0.4, 0.5) is 0 Å². The van der Waals surface area contributed by atoms with Gasteiger partial charge in [0.1, 0.15) is 11.6 Å². The van der Waals surface area contributed by atoms with Gasteiger partial charge in [-0.15, -0.1) is 0 Å². The van der Waals surface area contributed by atoms with Gasteiger partial charge in [-0.3, -0.25) is 4.99 Å². The second kappa shape index (κ2) is 9.61. The zero-order valence-corrected chi connectivity index (χ0v) is 18.0. The molecule has 2 N–H and O–H groups in total. The maximum absolute atomic E-state index is 6.54. The van der Waals surface area contributed by atoms with Crippen LogP contribution in [0.25, 0.3) is 0 Å². The van der Waals surface area contributed by atoms with E-state index in [2.05, 4.69) is 22.0 Å². The number of halogens is 2. The van der Waals surface area contributed by atoms with Crippen molar-refractivity contribution in [1.29, 1.82) is 0 Å². The maximum atomic E-state index is 6.54. The molecule has 1 aliphatic carbocycles. The Balaban J connectivity index is 1.83. The van der Waals surface area contributed by atoms with Gasteiger partial charge in [-0.05, 0) is 61.1 Å². The summed E-state index contributed by atoms with van der Waals surface area (Å²) in [5.41, 5.74) is 9.56. The van der Waals surface area contributed by atoms with Crippen molar-refractivity contribution in [2.75, 3.05) is 7.11 Å². The van der Waals surface area contributed by atoms with Crippen molar-refractivity contribution >= 4 is 33.4 Å². The minimum Gasteiger partial charge on any atom is -0.496 e. The third-order valence-electron chi connectivity index (χ3n) is 5.18. The molecule has 5 heteroatoms. The summed E-state index contributed by atoms with van der Waals surface area (Å²) in [7, 11) is 1.70. The van der Waals surface area contributed by atoms with Crippen molar-refractivity contribution in [3.05, 3.63) is 62.6 Å². The van der Waals surface area contributed by atoms with Crippen LogP contribution < -0.4 is 10.5 Å². The highest BCUT2D eigenvalue weighted by molar-refractivity contribution is 9.10. The van der Waals surface area contributed by atoms with Crippen molar-refractivity contribution < 1.29 is 4.74 Å². The van der Waals surface area contributed by atoms with E-state index in [0.29, 0.717) is 11.9 Å². The molecule has 0 aromatic heterocycles. The summed E-state index contributed by atoms with van der Waals surface area (Å²) in [6, 6.07) is 12.3. The SMILES string of the molecule is COc1ccc(Br)cc1CCc1c(Cl)cccc1C(N)=NC1CCCCC1. The molecule has 144 valence electrons. The molecule has 0 radical (unpaired) electrons. The van der Waals surface area contributed by atoms with E-state index in [1.807, 2.05) is 30.3 Å². The Morgan fingerprint density at radius 1 is 1.19 bits per heavy atom. The summed E-state index contributed by atoms with van der Waals surface area (Å²) in [6.07, 6.45) is 7.65. The molecule has 0 atom stereocenters. The molecular formula is C22H26BrClN2O. The third kappa shape index (κ3) is 5.26. The van der Waals surface area contributed by atoms with Gasteiger partial charge in [0.05, 0.1) is 13.2 Å². The number of amidine groups is 1. The topological polar surface area (TPSA) is 47.6 Å². The fraction of sp³-hybridized carbons (Fsp3) is 0.409. The Kier molecular flexibility index (Phi) is 7.20. The van der Waals surface area contributed by atoms with Crippen molar-refractivity contribution in [3.8, 4) is 5.75 Å². The van der Waals surface area contributed by atoms with Gasteiger partial charge >= 0.3 is 0 Å². The average molecular weight is 450 g/mol. The van der Waals surface area contributed by atoms with E-state index in [4.69, 9.17) is 27.1 Å². The number of aliphatic imine (C=N–C) groups is 1. The zero-order valence-electron chi connectivity index (χ0n) is 15.7. The first kappa shape index (κ1) is 20.2. The second-order valence-corrected chi connectivity index (χ2v) is 8.35. The molecule has 3 nitrogen and oxygen atoms in total. The van der Waals surface area contributed by atoms with Crippen molar-refractivity contribution in [2.24, 2.45) is 10.7 Å². The molecular weight excluding hydrogens is 424 g/mol. The third-order valence-corrected chi connectivity index (χ3v) is 6.03. The molecule has 1 aliphatic rings. The van der Waals surface area contributed by atoms with Gasteiger partial charge in [0.2, 0.25) is 0 Å². The van der Waals surface area contributed by atoms with E-state index in [9.17, 15) is 0 Å². The van der Waals surface area contributed by atoms with Crippen LogP contribution in [0.15, 0.2) is 45.9 Å². The van der Waals surface area contributed by atoms with Crippen LogP contribution in [0, 0.1) is 0 Å². The number of ether oxygens (including phenoxy) is 1. The standard InChI is InChI=1S/C22H26BrClN2O/c1-27-21-13-11-16(23)14-15(21)10-12-18-19(8-5-9-20(18)24)22(25)26-17-6-3-2-4-7-17/h5,8-9,11,13-14,17H,2-4,6-7,10,12H2,1H3,(H2,25,26). The number of benzene rings is 2. The highest BCUT2D eigenvalue weighted by Crippen LogP contribution is 2.28. The van der Waals surface area contributed by atoms with Crippen molar-refractivity contribution in [1.82, 2.24) is 0 Å². The number of nitrogens with two attached hydrogens (primary N) is 1. The number of methoxy groups -OCH3 is 1. The first-order valence-electron chi connectivity index (χ1n) is 9.52. The monoisotopic (exact) mass is 448 g/mol. The molecule has 2 aromatic carbocycles. The molecule has 0 saturated heterocycles. The van der Waals surface area contributed by atoms with E-state index in [1.165, 1.54) is 19.3 Å². The summed E-state index contributed by atoms with van der Waals surface area (Å²) in [5.74, 6) is 1.50. The predicted octanol–water partition coefficient (Wildman–Crippen LogP) is 5.93. The van der Waals surface area contributed by atoms with E-state index in [0.717, 1.165) is 57.6 Å². The van der Waals surface area contributed by atoms with Crippen LogP contribution >= 0.6 is 27.5 Å². The van der Waals surface area contributed by atoms with E-state index in [1.54, 1.807) is 7.11 Å². The Bertz CT molecular complexity index is 816. The average Bonchev–Trinajstić information content (AvgIpc) is 2.67. The molecule has 0 amide bonds. The van der Waals surface area contributed by atoms with E-state index >= 15 is 0 Å². The Hall–Kier alpha value is -1.52.